The van der Waals surface area contributed by atoms with E-state index in [-0.39, 0.29) is 17.2 Å². The standard InChI is InChI=1S/C10H17N3O/c1-8(5-11)6-13-9(14)10(7-12)3-2-4-10/h8H,2-4,6-7,12H2,1H3,(H,13,14). The molecule has 0 radical (unpaired) electrons. The third-order valence-electron chi connectivity index (χ3n) is 2.97. The van der Waals surface area contributed by atoms with Crippen molar-refractivity contribution >= 4 is 5.91 Å². The normalized spacial score (nSPS) is 20.4. The van der Waals surface area contributed by atoms with Gasteiger partial charge in [0.2, 0.25) is 5.91 Å². The van der Waals surface area contributed by atoms with Gasteiger partial charge in [0.05, 0.1) is 17.4 Å². The molecule has 0 aromatic heterocycles. The van der Waals surface area contributed by atoms with Gasteiger partial charge in [0.25, 0.3) is 0 Å². The van der Waals surface area contributed by atoms with E-state index in [4.69, 9.17) is 11.0 Å². The first-order chi connectivity index (χ1) is 6.64. The lowest BCUT2D eigenvalue weighted by Crippen LogP contribution is -2.51. The van der Waals surface area contributed by atoms with Crippen LogP contribution in [0.4, 0.5) is 0 Å². The quantitative estimate of drug-likeness (QED) is 0.681. The van der Waals surface area contributed by atoms with E-state index in [2.05, 4.69) is 11.4 Å². The molecule has 4 nitrogen and oxygen atoms in total. The maximum absolute atomic E-state index is 11.7. The average molecular weight is 195 g/mol. The van der Waals surface area contributed by atoms with E-state index in [1.54, 1.807) is 6.92 Å². The lowest BCUT2D eigenvalue weighted by molar-refractivity contribution is -0.135. The summed E-state index contributed by atoms with van der Waals surface area (Å²) in [5.74, 6) is -0.109. The van der Waals surface area contributed by atoms with Crippen molar-refractivity contribution in [3.63, 3.8) is 0 Å². The van der Waals surface area contributed by atoms with Crippen molar-refractivity contribution < 1.29 is 4.79 Å². The van der Waals surface area contributed by atoms with Crippen molar-refractivity contribution in [2.75, 3.05) is 13.1 Å². The molecule has 4 heteroatoms. The van der Waals surface area contributed by atoms with E-state index < -0.39 is 0 Å². The molecule has 1 atom stereocenters. The molecule has 1 saturated carbocycles. The van der Waals surface area contributed by atoms with Gasteiger partial charge in [-0.3, -0.25) is 4.79 Å². The number of nitrogens with zero attached hydrogens (tertiary/aromatic N) is 1. The Morgan fingerprint density at radius 3 is 2.71 bits per heavy atom. The lowest BCUT2D eigenvalue weighted by Gasteiger charge is -2.39. The minimum absolute atomic E-state index is 0.0216. The van der Waals surface area contributed by atoms with E-state index in [0.29, 0.717) is 13.1 Å². The van der Waals surface area contributed by atoms with Crippen LogP contribution in [0.15, 0.2) is 0 Å². The first kappa shape index (κ1) is 11.0. The molecular formula is C10H17N3O. The topological polar surface area (TPSA) is 78.9 Å². The van der Waals surface area contributed by atoms with Gasteiger partial charge in [-0.25, -0.2) is 0 Å². The van der Waals surface area contributed by atoms with Gasteiger partial charge in [0.1, 0.15) is 0 Å². The molecule has 1 rings (SSSR count). The van der Waals surface area contributed by atoms with E-state index in [1.165, 1.54) is 0 Å². The molecular weight excluding hydrogens is 178 g/mol. The summed E-state index contributed by atoms with van der Waals surface area (Å²) in [6.07, 6.45) is 2.85. The van der Waals surface area contributed by atoms with Gasteiger partial charge >= 0.3 is 0 Å². The van der Waals surface area contributed by atoms with Crippen LogP contribution in [0.25, 0.3) is 0 Å². The molecule has 1 fully saturated rings. The van der Waals surface area contributed by atoms with Crippen molar-refractivity contribution in [3.8, 4) is 6.07 Å². The van der Waals surface area contributed by atoms with Gasteiger partial charge in [-0.2, -0.15) is 5.26 Å². The fourth-order valence-corrected chi connectivity index (χ4v) is 1.61. The van der Waals surface area contributed by atoms with Gasteiger partial charge in [0, 0.05) is 13.1 Å². The highest BCUT2D eigenvalue weighted by Gasteiger charge is 2.42. The highest BCUT2D eigenvalue weighted by molar-refractivity contribution is 5.83. The number of amides is 1. The van der Waals surface area contributed by atoms with Crippen LogP contribution >= 0.6 is 0 Å². The van der Waals surface area contributed by atoms with Crippen LogP contribution in [0.5, 0.6) is 0 Å². The first-order valence-electron chi connectivity index (χ1n) is 5.02. The fourth-order valence-electron chi connectivity index (χ4n) is 1.61. The summed E-state index contributed by atoms with van der Waals surface area (Å²) in [6.45, 7) is 2.63. The monoisotopic (exact) mass is 195 g/mol. The van der Waals surface area contributed by atoms with E-state index in [0.717, 1.165) is 19.3 Å². The number of carbonyl (C=O) groups is 1. The zero-order valence-electron chi connectivity index (χ0n) is 8.55. The predicted molar refractivity (Wildman–Crippen MR) is 53.1 cm³/mol. The maximum Gasteiger partial charge on any atom is 0.227 e. The number of nitrogens with one attached hydrogen (secondary N) is 1. The Balaban J connectivity index is 2.38. The Morgan fingerprint density at radius 1 is 1.71 bits per heavy atom. The molecule has 1 amide bonds. The number of hydrogen-bond acceptors (Lipinski definition) is 3. The predicted octanol–water partition coefficient (Wildman–Crippen LogP) is 0.391. The SMILES string of the molecule is CC(C#N)CNC(=O)C1(CN)CCC1. The van der Waals surface area contributed by atoms with Crippen LogP contribution in [0, 0.1) is 22.7 Å². The van der Waals surface area contributed by atoms with Gasteiger partial charge in [-0.1, -0.05) is 6.42 Å². The number of rotatable bonds is 4. The van der Waals surface area contributed by atoms with Crippen LogP contribution in [0.1, 0.15) is 26.2 Å². The lowest BCUT2D eigenvalue weighted by atomic mass is 9.68. The minimum atomic E-state index is -0.324. The largest absolute Gasteiger partial charge is 0.354 e. The van der Waals surface area contributed by atoms with Crippen molar-refractivity contribution in [3.05, 3.63) is 0 Å². The second-order valence-corrected chi connectivity index (χ2v) is 4.08. The molecule has 0 aromatic carbocycles. The van der Waals surface area contributed by atoms with Gasteiger partial charge in [-0.15, -0.1) is 0 Å². The van der Waals surface area contributed by atoms with Gasteiger partial charge in [-0.05, 0) is 19.8 Å². The van der Waals surface area contributed by atoms with Crippen LogP contribution < -0.4 is 11.1 Å². The summed E-state index contributed by atoms with van der Waals surface area (Å²) < 4.78 is 0. The summed E-state index contributed by atoms with van der Waals surface area (Å²) in [7, 11) is 0. The number of nitriles is 1. The van der Waals surface area contributed by atoms with E-state index in [9.17, 15) is 4.79 Å². The van der Waals surface area contributed by atoms with Crippen molar-refractivity contribution in [1.29, 1.82) is 5.26 Å². The smallest absolute Gasteiger partial charge is 0.227 e. The highest BCUT2D eigenvalue weighted by atomic mass is 16.2. The molecule has 1 aliphatic rings. The maximum atomic E-state index is 11.7. The van der Waals surface area contributed by atoms with Crippen LogP contribution in [0.3, 0.4) is 0 Å². The Bertz CT molecular complexity index is 247. The molecule has 1 unspecified atom stereocenters. The van der Waals surface area contributed by atoms with Crippen molar-refractivity contribution in [2.45, 2.75) is 26.2 Å². The van der Waals surface area contributed by atoms with Gasteiger partial charge < -0.3 is 11.1 Å². The number of hydrogen-bond donors (Lipinski definition) is 2. The Hall–Kier alpha value is -1.08. The molecule has 0 heterocycles. The number of carbonyl (C=O) groups excluding carboxylic acids is 1. The summed E-state index contributed by atoms with van der Waals surface area (Å²) >= 11 is 0. The van der Waals surface area contributed by atoms with Crippen LogP contribution in [-0.4, -0.2) is 19.0 Å². The second-order valence-electron chi connectivity index (χ2n) is 4.08. The Labute approximate surface area is 84.5 Å². The molecule has 0 spiro atoms. The number of nitrogens with two attached hydrogens (primary N) is 1. The van der Waals surface area contributed by atoms with E-state index in [1.807, 2.05) is 0 Å². The summed E-state index contributed by atoms with van der Waals surface area (Å²) in [5, 5.41) is 11.3. The molecule has 0 aromatic rings. The van der Waals surface area contributed by atoms with Gasteiger partial charge in [0.15, 0.2) is 0 Å². The molecule has 0 bridgehead atoms. The molecule has 14 heavy (non-hydrogen) atoms. The first-order valence-corrected chi connectivity index (χ1v) is 5.02. The van der Waals surface area contributed by atoms with Crippen LogP contribution in [0.2, 0.25) is 0 Å². The zero-order valence-corrected chi connectivity index (χ0v) is 8.55. The average Bonchev–Trinajstić information content (AvgIpc) is 2.13. The zero-order chi connectivity index (χ0) is 10.6. The summed E-state index contributed by atoms with van der Waals surface area (Å²) in [5.41, 5.74) is 5.26. The second kappa shape index (κ2) is 4.43. The molecule has 1 aliphatic carbocycles. The summed E-state index contributed by atoms with van der Waals surface area (Å²) in [4.78, 5) is 11.7. The molecule has 0 aliphatic heterocycles. The molecule has 3 N–H and O–H groups in total. The van der Waals surface area contributed by atoms with Crippen molar-refractivity contribution in [1.82, 2.24) is 5.32 Å². The third-order valence-corrected chi connectivity index (χ3v) is 2.97. The molecule has 0 saturated heterocycles. The van der Waals surface area contributed by atoms with Crippen molar-refractivity contribution in [2.24, 2.45) is 17.1 Å². The third kappa shape index (κ3) is 2.05. The van der Waals surface area contributed by atoms with Crippen LogP contribution in [-0.2, 0) is 4.79 Å². The Kier molecular flexibility index (Phi) is 3.48. The summed E-state index contributed by atoms with van der Waals surface area (Å²) in [6, 6.07) is 2.08. The highest BCUT2D eigenvalue weighted by Crippen LogP contribution is 2.39. The Morgan fingerprint density at radius 2 is 2.36 bits per heavy atom. The van der Waals surface area contributed by atoms with E-state index >= 15 is 0 Å². The minimum Gasteiger partial charge on any atom is -0.354 e. The molecule has 78 valence electrons. The fraction of sp³-hybridized carbons (Fsp3) is 0.800.